The van der Waals surface area contributed by atoms with Gasteiger partial charge >= 0.3 is 0 Å². The van der Waals surface area contributed by atoms with E-state index in [-0.39, 0.29) is 5.91 Å². The average Bonchev–Trinajstić information content (AvgIpc) is 2.75. The summed E-state index contributed by atoms with van der Waals surface area (Å²) in [5.41, 5.74) is 1.21. The van der Waals surface area contributed by atoms with Crippen LogP contribution in [-0.2, 0) is 4.74 Å². The molecule has 1 N–H and O–H groups in total. The number of carbonyl (C=O) groups excluding carboxylic acids is 1. The Morgan fingerprint density at radius 3 is 2.79 bits per heavy atom. The molecule has 0 aromatic carbocycles. The van der Waals surface area contributed by atoms with Crippen molar-refractivity contribution in [2.45, 2.75) is 31.9 Å². The van der Waals surface area contributed by atoms with Crippen LogP contribution in [0.15, 0.2) is 4.52 Å². The van der Waals surface area contributed by atoms with Crippen molar-refractivity contribution >= 4 is 17.7 Å². The normalized spacial score (nSPS) is 16.5. The molecule has 2 rings (SSSR count). The maximum absolute atomic E-state index is 12.0. The molecule has 1 aliphatic rings. The van der Waals surface area contributed by atoms with Crippen LogP contribution in [0.25, 0.3) is 0 Å². The molecule has 0 spiro atoms. The van der Waals surface area contributed by atoms with E-state index in [1.807, 2.05) is 11.8 Å². The van der Waals surface area contributed by atoms with Gasteiger partial charge in [-0.2, -0.15) is 11.8 Å². The Bertz CT molecular complexity index is 408. The molecule has 0 unspecified atom stereocenters. The van der Waals surface area contributed by atoms with Crippen molar-refractivity contribution in [1.29, 1.82) is 0 Å². The zero-order chi connectivity index (χ0) is 13.7. The minimum absolute atomic E-state index is 0.0937. The van der Waals surface area contributed by atoms with Crippen molar-refractivity contribution in [2.75, 3.05) is 25.5 Å². The van der Waals surface area contributed by atoms with Gasteiger partial charge in [-0.3, -0.25) is 4.79 Å². The summed E-state index contributed by atoms with van der Waals surface area (Å²) in [6.45, 7) is 5.94. The molecule has 0 radical (unpaired) electrons. The second-order valence-corrected chi connectivity index (χ2v) is 6.05. The van der Waals surface area contributed by atoms with Gasteiger partial charge in [0.1, 0.15) is 11.3 Å². The van der Waals surface area contributed by atoms with Crippen molar-refractivity contribution in [3.8, 4) is 0 Å². The van der Waals surface area contributed by atoms with E-state index in [0.717, 1.165) is 31.8 Å². The number of hydrogen-bond donors (Lipinski definition) is 1. The van der Waals surface area contributed by atoms with Crippen molar-refractivity contribution in [1.82, 2.24) is 10.5 Å². The van der Waals surface area contributed by atoms with Gasteiger partial charge in [-0.1, -0.05) is 5.16 Å². The van der Waals surface area contributed by atoms with Crippen LogP contribution in [0.4, 0.5) is 0 Å². The van der Waals surface area contributed by atoms with Gasteiger partial charge in [-0.25, -0.2) is 0 Å². The van der Waals surface area contributed by atoms with Gasteiger partial charge < -0.3 is 14.6 Å². The van der Waals surface area contributed by atoms with Gasteiger partial charge in [0.2, 0.25) is 0 Å². The largest absolute Gasteiger partial charge is 0.381 e. The Kier molecular flexibility index (Phi) is 5.27. The van der Waals surface area contributed by atoms with Crippen LogP contribution in [0.5, 0.6) is 0 Å². The van der Waals surface area contributed by atoms with E-state index in [1.165, 1.54) is 0 Å². The number of amides is 1. The molecular weight excluding hydrogens is 264 g/mol. The Hall–Kier alpha value is -1.01. The highest BCUT2D eigenvalue weighted by molar-refractivity contribution is 7.99. The van der Waals surface area contributed by atoms with Gasteiger partial charge in [-0.05, 0) is 26.7 Å². The summed E-state index contributed by atoms with van der Waals surface area (Å²) in [6.07, 6.45) is 2.23. The van der Waals surface area contributed by atoms with Crippen LogP contribution in [0.3, 0.4) is 0 Å². The molecule has 19 heavy (non-hydrogen) atoms. The van der Waals surface area contributed by atoms with Gasteiger partial charge in [0.25, 0.3) is 5.91 Å². The summed E-state index contributed by atoms with van der Waals surface area (Å²) in [6, 6.07) is 0. The van der Waals surface area contributed by atoms with Crippen LogP contribution in [0, 0.1) is 13.8 Å². The fourth-order valence-electron chi connectivity index (χ4n) is 2.13. The molecule has 1 aromatic heterocycles. The van der Waals surface area contributed by atoms with Gasteiger partial charge in [0.05, 0.1) is 5.69 Å². The molecule has 1 aromatic rings. The standard InChI is InChI=1S/C13H20N2O3S/c1-9-12(10(2)18-15-9)13(16)14-5-8-19-11-3-6-17-7-4-11/h11H,3-8H2,1-2H3,(H,14,16). The predicted octanol–water partition coefficient (Wildman–Crippen LogP) is 1.93. The third-order valence-corrected chi connectivity index (χ3v) is 4.55. The SMILES string of the molecule is Cc1noc(C)c1C(=O)NCCSC1CCOCC1. The number of hydrogen-bond acceptors (Lipinski definition) is 5. The smallest absolute Gasteiger partial charge is 0.256 e. The molecule has 1 amide bonds. The first kappa shape index (κ1) is 14.4. The molecule has 0 aliphatic carbocycles. The van der Waals surface area contributed by atoms with E-state index >= 15 is 0 Å². The van der Waals surface area contributed by atoms with Crippen LogP contribution in [0.2, 0.25) is 0 Å². The molecule has 0 atom stereocenters. The molecule has 1 aliphatic heterocycles. The Morgan fingerprint density at radius 1 is 1.42 bits per heavy atom. The lowest BCUT2D eigenvalue weighted by molar-refractivity contribution is 0.0953. The van der Waals surface area contributed by atoms with Crippen molar-refractivity contribution in [2.24, 2.45) is 0 Å². The van der Waals surface area contributed by atoms with Crippen LogP contribution in [-0.4, -0.2) is 41.8 Å². The molecule has 1 saturated heterocycles. The maximum Gasteiger partial charge on any atom is 0.256 e. The predicted molar refractivity (Wildman–Crippen MR) is 74.6 cm³/mol. The fraction of sp³-hybridized carbons (Fsp3) is 0.692. The quantitative estimate of drug-likeness (QED) is 0.837. The van der Waals surface area contributed by atoms with E-state index in [4.69, 9.17) is 9.26 Å². The van der Waals surface area contributed by atoms with E-state index in [2.05, 4.69) is 10.5 Å². The number of aromatic nitrogens is 1. The molecule has 1 fully saturated rings. The summed E-state index contributed by atoms with van der Waals surface area (Å²) in [7, 11) is 0. The van der Waals surface area contributed by atoms with Crippen molar-refractivity contribution < 1.29 is 14.1 Å². The Balaban J connectivity index is 1.69. The number of rotatable bonds is 5. The third kappa shape index (κ3) is 3.98. The first-order valence-electron chi connectivity index (χ1n) is 6.59. The summed E-state index contributed by atoms with van der Waals surface area (Å²) < 4.78 is 10.3. The summed E-state index contributed by atoms with van der Waals surface area (Å²) in [5.74, 6) is 1.41. The molecule has 5 nitrogen and oxygen atoms in total. The van der Waals surface area contributed by atoms with Gasteiger partial charge in [0.15, 0.2) is 0 Å². The van der Waals surface area contributed by atoms with E-state index in [1.54, 1.807) is 13.8 Å². The maximum atomic E-state index is 12.0. The fourth-order valence-corrected chi connectivity index (χ4v) is 3.21. The number of thioether (sulfide) groups is 1. The monoisotopic (exact) mass is 284 g/mol. The number of carbonyl (C=O) groups is 1. The lowest BCUT2D eigenvalue weighted by atomic mass is 10.2. The third-order valence-electron chi connectivity index (χ3n) is 3.17. The summed E-state index contributed by atoms with van der Waals surface area (Å²) in [5, 5.41) is 7.37. The van der Waals surface area contributed by atoms with Crippen molar-refractivity contribution in [3.63, 3.8) is 0 Å². The highest BCUT2D eigenvalue weighted by Crippen LogP contribution is 2.21. The second kappa shape index (κ2) is 6.96. The van der Waals surface area contributed by atoms with E-state index in [0.29, 0.717) is 28.8 Å². The molecule has 2 heterocycles. The van der Waals surface area contributed by atoms with Gasteiger partial charge in [0, 0.05) is 30.8 Å². The van der Waals surface area contributed by atoms with Gasteiger partial charge in [-0.15, -0.1) is 0 Å². The minimum Gasteiger partial charge on any atom is -0.381 e. The van der Waals surface area contributed by atoms with Crippen LogP contribution < -0.4 is 5.32 Å². The van der Waals surface area contributed by atoms with Crippen LogP contribution in [0.1, 0.15) is 34.7 Å². The zero-order valence-corrected chi connectivity index (χ0v) is 12.2. The number of aryl methyl sites for hydroxylation is 2. The Labute approximate surface area is 117 Å². The average molecular weight is 284 g/mol. The highest BCUT2D eigenvalue weighted by atomic mass is 32.2. The second-order valence-electron chi connectivity index (χ2n) is 4.64. The lowest BCUT2D eigenvalue weighted by Crippen LogP contribution is -2.27. The van der Waals surface area contributed by atoms with Crippen molar-refractivity contribution in [3.05, 3.63) is 17.0 Å². The zero-order valence-electron chi connectivity index (χ0n) is 11.4. The molecular formula is C13H20N2O3S. The first-order chi connectivity index (χ1) is 9.18. The number of ether oxygens (including phenoxy) is 1. The van der Waals surface area contributed by atoms with Crippen LogP contribution >= 0.6 is 11.8 Å². The molecule has 106 valence electrons. The number of nitrogens with one attached hydrogen (secondary N) is 1. The summed E-state index contributed by atoms with van der Waals surface area (Å²) in [4.78, 5) is 12.0. The minimum atomic E-state index is -0.0937. The lowest BCUT2D eigenvalue weighted by Gasteiger charge is -2.21. The highest BCUT2D eigenvalue weighted by Gasteiger charge is 2.17. The molecule has 0 saturated carbocycles. The van der Waals surface area contributed by atoms with E-state index in [9.17, 15) is 4.79 Å². The molecule has 0 bridgehead atoms. The number of nitrogens with zero attached hydrogens (tertiary/aromatic N) is 1. The Morgan fingerprint density at radius 2 is 2.16 bits per heavy atom. The van der Waals surface area contributed by atoms with E-state index < -0.39 is 0 Å². The summed E-state index contributed by atoms with van der Waals surface area (Å²) >= 11 is 1.91. The molecule has 6 heteroatoms. The topological polar surface area (TPSA) is 64.4 Å². The first-order valence-corrected chi connectivity index (χ1v) is 7.63.